The predicted molar refractivity (Wildman–Crippen MR) is 72.5 cm³/mol. The largest absolute Gasteiger partial charge is 0.494 e. The molecular formula is C15H17NO3. The highest BCUT2D eigenvalue weighted by molar-refractivity contribution is 5.97. The van der Waals surface area contributed by atoms with Crippen molar-refractivity contribution in [2.45, 2.75) is 20.3 Å². The minimum atomic E-state index is -0.601. The van der Waals surface area contributed by atoms with Crippen LogP contribution in [0.25, 0.3) is 6.08 Å². The molecule has 0 saturated heterocycles. The maximum atomic E-state index is 11.4. The van der Waals surface area contributed by atoms with E-state index in [1.54, 1.807) is 19.1 Å². The monoisotopic (exact) mass is 259 g/mol. The molecule has 19 heavy (non-hydrogen) atoms. The van der Waals surface area contributed by atoms with E-state index in [0.717, 1.165) is 17.7 Å². The van der Waals surface area contributed by atoms with Crippen molar-refractivity contribution in [2.24, 2.45) is 0 Å². The van der Waals surface area contributed by atoms with Crippen LogP contribution in [0.3, 0.4) is 0 Å². The van der Waals surface area contributed by atoms with Crippen LogP contribution < -0.4 is 4.74 Å². The van der Waals surface area contributed by atoms with Gasteiger partial charge in [0.05, 0.1) is 13.2 Å². The molecule has 0 heterocycles. The van der Waals surface area contributed by atoms with Gasteiger partial charge < -0.3 is 9.47 Å². The third-order valence-corrected chi connectivity index (χ3v) is 2.28. The lowest BCUT2D eigenvalue weighted by atomic mass is 10.1. The van der Waals surface area contributed by atoms with Crippen LogP contribution in [0.2, 0.25) is 0 Å². The number of nitrogens with zero attached hydrogens (tertiary/aromatic N) is 1. The third-order valence-electron chi connectivity index (χ3n) is 2.28. The van der Waals surface area contributed by atoms with E-state index in [-0.39, 0.29) is 12.2 Å². The molecule has 1 aromatic rings. The van der Waals surface area contributed by atoms with Gasteiger partial charge in [-0.25, -0.2) is 4.79 Å². The molecular weight excluding hydrogens is 242 g/mol. The first kappa shape index (κ1) is 14.8. The van der Waals surface area contributed by atoms with Gasteiger partial charge in [-0.2, -0.15) is 5.26 Å². The first-order valence-electron chi connectivity index (χ1n) is 6.23. The van der Waals surface area contributed by atoms with Gasteiger partial charge in [0.2, 0.25) is 0 Å². The van der Waals surface area contributed by atoms with Crippen molar-refractivity contribution in [3.63, 3.8) is 0 Å². The van der Waals surface area contributed by atoms with E-state index in [1.807, 2.05) is 25.1 Å². The van der Waals surface area contributed by atoms with Crippen molar-refractivity contribution < 1.29 is 14.3 Å². The van der Waals surface area contributed by atoms with Crippen LogP contribution in [0.5, 0.6) is 5.75 Å². The second kappa shape index (κ2) is 7.93. The zero-order chi connectivity index (χ0) is 14.1. The first-order valence-corrected chi connectivity index (χ1v) is 6.23. The molecule has 0 atom stereocenters. The lowest BCUT2D eigenvalue weighted by Crippen LogP contribution is -2.05. The van der Waals surface area contributed by atoms with Crippen molar-refractivity contribution in [3.8, 4) is 11.8 Å². The molecule has 1 aromatic carbocycles. The minimum Gasteiger partial charge on any atom is -0.494 e. The van der Waals surface area contributed by atoms with E-state index in [0.29, 0.717) is 6.61 Å². The minimum absolute atomic E-state index is 0.0101. The molecule has 0 unspecified atom stereocenters. The fraction of sp³-hybridized carbons (Fsp3) is 0.333. The van der Waals surface area contributed by atoms with Gasteiger partial charge in [-0.3, -0.25) is 0 Å². The molecule has 4 heteroatoms. The number of esters is 1. The van der Waals surface area contributed by atoms with Gasteiger partial charge in [0.15, 0.2) is 0 Å². The van der Waals surface area contributed by atoms with Crippen LogP contribution in [-0.4, -0.2) is 19.2 Å². The van der Waals surface area contributed by atoms with E-state index < -0.39 is 5.97 Å². The van der Waals surface area contributed by atoms with Crippen LogP contribution in [0, 0.1) is 11.3 Å². The highest BCUT2D eigenvalue weighted by atomic mass is 16.5. The van der Waals surface area contributed by atoms with E-state index in [2.05, 4.69) is 0 Å². The fourth-order valence-corrected chi connectivity index (χ4v) is 1.39. The Balaban J connectivity index is 2.80. The average molecular weight is 259 g/mol. The van der Waals surface area contributed by atoms with Gasteiger partial charge in [0, 0.05) is 0 Å². The fourth-order valence-electron chi connectivity index (χ4n) is 1.39. The summed E-state index contributed by atoms with van der Waals surface area (Å²) in [6.45, 7) is 4.66. The number of nitriles is 1. The van der Waals surface area contributed by atoms with E-state index in [4.69, 9.17) is 14.7 Å². The van der Waals surface area contributed by atoms with Crippen molar-refractivity contribution in [1.82, 2.24) is 0 Å². The molecule has 1 rings (SSSR count). The Morgan fingerprint density at radius 2 is 2.00 bits per heavy atom. The summed E-state index contributed by atoms with van der Waals surface area (Å²) in [5, 5.41) is 8.91. The number of carbonyl (C=O) groups excluding carboxylic acids is 1. The van der Waals surface area contributed by atoms with Crippen LogP contribution in [-0.2, 0) is 9.53 Å². The molecule has 0 aliphatic rings. The van der Waals surface area contributed by atoms with Gasteiger partial charge in [-0.1, -0.05) is 19.1 Å². The third kappa shape index (κ3) is 4.84. The van der Waals surface area contributed by atoms with Crippen LogP contribution in [0.15, 0.2) is 29.8 Å². The summed E-state index contributed by atoms with van der Waals surface area (Å²) in [7, 11) is 0. The summed E-state index contributed by atoms with van der Waals surface area (Å²) in [4.78, 5) is 11.4. The number of rotatable bonds is 6. The standard InChI is InChI=1S/C15H17NO3/c1-3-9-19-14-7-5-12(6-8-14)10-13(11-16)15(17)18-4-2/h5-8,10H,3-4,9H2,1-2H3. The predicted octanol–water partition coefficient (Wildman–Crippen LogP) is 2.95. The Labute approximate surface area is 113 Å². The van der Waals surface area contributed by atoms with Gasteiger partial charge in [0.25, 0.3) is 0 Å². The first-order chi connectivity index (χ1) is 9.21. The average Bonchev–Trinajstić information content (AvgIpc) is 2.44. The summed E-state index contributed by atoms with van der Waals surface area (Å²) in [5.74, 6) is 0.171. The maximum Gasteiger partial charge on any atom is 0.348 e. The van der Waals surface area contributed by atoms with Gasteiger partial charge in [-0.15, -0.1) is 0 Å². The van der Waals surface area contributed by atoms with Gasteiger partial charge in [0.1, 0.15) is 17.4 Å². The molecule has 0 spiro atoms. The molecule has 0 N–H and O–H groups in total. The number of hydrogen-bond acceptors (Lipinski definition) is 4. The highest BCUT2D eigenvalue weighted by Gasteiger charge is 2.09. The van der Waals surface area contributed by atoms with Crippen molar-refractivity contribution in [1.29, 1.82) is 5.26 Å². The number of carbonyl (C=O) groups is 1. The molecule has 100 valence electrons. The SMILES string of the molecule is CCCOc1ccc(C=C(C#N)C(=O)OCC)cc1. The van der Waals surface area contributed by atoms with Crippen molar-refractivity contribution in [3.05, 3.63) is 35.4 Å². The summed E-state index contributed by atoms with van der Waals surface area (Å²) in [5.41, 5.74) is 0.748. The highest BCUT2D eigenvalue weighted by Crippen LogP contribution is 2.15. The smallest absolute Gasteiger partial charge is 0.348 e. The summed E-state index contributed by atoms with van der Waals surface area (Å²) in [6, 6.07) is 9.04. The number of hydrogen-bond donors (Lipinski definition) is 0. The van der Waals surface area contributed by atoms with E-state index in [9.17, 15) is 4.79 Å². The molecule has 0 bridgehead atoms. The Morgan fingerprint density at radius 1 is 1.32 bits per heavy atom. The molecule has 0 radical (unpaired) electrons. The molecule has 4 nitrogen and oxygen atoms in total. The second-order valence-corrected chi connectivity index (χ2v) is 3.81. The maximum absolute atomic E-state index is 11.4. The molecule has 0 saturated carbocycles. The second-order valence-electron chi connectivity index (χ2n) is 3.81. The molecule has 0 fully saturated rings. The van der Waals surface area contributed by atoms with Crippen LogP contribution >= 0.6 is 0 Å². The number of benzene rings is 1. The zero-order valence-electron chi connectivity index (χ0n) is 11.2. The quantitative estimate of drug-likeness (QED) is 0.447. The van der Waals surface area contributed by atoms with Crippen LogP contribution in [0.1, 0.15) is 25.8 Å². The van der Waals surface area contributed by atoms with Crippen LogP contribution in [0.4, 0.5) is 0 Å². The van der Waals surface area contributed by atoms with Gasteiger partial charge in [-0.05, 0) is 37.1 Å². The topological polar surface area (TPSA) is 59.3 Å². The van der Waals surface area contributed by atoms with E-state index >= 15 is 0 Å². The molecule has 0 amide bonds. The molecule has 0 aliphatic heterocycles. The normalized spacial score (nSPS) is 10.7. The summed E-state index contributed by atoms with van der Waals surface area (Å²) >= 11 is 0. The lowest BCUT2D eigenvalue weighted by molar-refractivity contribution is -0.137. The lowest BCUT2D eigenvalue weighted by Gasteiger charge is -2.04. The molecule has 0 aromatic heterocycles. The Hall–Kier alpha value is -2.28. The number of ether oxygens (including phenoxy) is 2. The summed E-state index contributed by atoms with van der Waals surface area (Å²) < 4.78 is 10.2. The van der Waals surface area contributed by atoms with Gasteiger partial charge >= 0.3 is 5.97 Å². The van der Waals surface area contributed by atoms with E-state index in [1.165, 1.54) is 6.08 Å². The summed E-state index contributed by atoms with van der Waals surface area (Å²) in [6.07, 6.45) is 2.45. The zero-order valence-corrected chi connectivity index (χ0v) is 11.2. The Bertz CT molecular complexity index is 483. The Morgan fingerprint density at radius 3 is 2.53 bits per heavy atom. The van der Waals surface area contributed by atoms with Crippen molar-refractivity contribution >= 4 is 12.0 Å². The Kier molecular flexibility index (Phi) is 6.17. The van der Waals surface area contributed by atoms with Crippen molar-refractivity contribution in [2.75, 3.05) is 13.2 Å². The molecule has 0 aliphatic carbocycles.